The van der Waals surface area contributed by atoms with Crippen molar-refractivity contribution in [2.75, 3.05) is 34.2 Å². The molecule has 1 fully saturated rings. The zero-order valence-electron chi connectivity index (χ0n) is 17.2. The second-order valence-electron chi connectivity index (χ2n) is 7.21. The molecule has 0 bridgehead atoms. The Morgan fingerprint density at radius 3 is 2.55 bits per heavy atom. The Labute approximate surface area is 190 Å². The van der Waals surface area contributed by atoms with Crippen LogP contribution in [0.15, 0.2) is 46.5 Å². The van der Waals surface area contributed by atoms with E-state index >= 15 is 0 Å². The number of hydrogen-bond donors (Lipinski definition) is 1. The van der Waals surface area contributed by atoms with Gasteiger partial charge in [-0.2, -0.15) is 5.10 Å². The molecule has 1 aromatic heterocycles. The largest absolute Gasteiger partial charge is 0.352 e. The van der Waals surface area contributed by atoms with Gasteiger partial charge in [0.25, 0.3) is 0 Å². The minimum absolute atomic E-state index is 0. The first-order valence-corrected chi connectivity index (χ1v) is 10.7. The van der Waals surface area contributed by atoms with E-state index in [0.29, 0.717) is 17.4 Å². The van der Waals surface area contributed by atoms with E-state index in [0.717, 1.165) is 31.0 Å². The topological polar surface area (TPSA) is 82.8 Å². The first-order valence-electron chi connectivity index (χ1n) is 9.27. The first kappa shape index (κ1) is 23.6. The number of aryl methyl sites for hydroxylation is 1. The number of hydrogen-bond acceptors (Lipinski definition) is 4. The predicted octanol–water partition coefficient (Wildman–Crippen LogP) is 1.85. The maximum atomic E-state index is 12.2. The number of aromatic nitrogens is 2. The van der Waals surface area contributed by atoms with Crippen LogP contribution < -0.4 is 5.32 Å². The van der Waals surface area contributed by atoms with Gasteiger partial charge in [0.2, 0.25) is 10.0 Å². The Morgan fingerprint density at radius 1 is 1.31 bits per heavy atom. The number of rotatable bonds is 5. The molecule has 3 rings (SSSR count). The van der Waals surface area contributed by atoms with Crippen molar-refractivity contribution in [3.8, 4) is 0 Å². The Hall–Kier alpha value is -1.66. The van der Waals surface area contributed by atoms with Gasteiger partial charge in [0.15, 0.2) is 5.96 Å². The normalized spacial score (nSPS) is 17.5. The second kappa shape index (κ2) is 9.90. The molecule has 29 heavy (non-hydrogen) atoms. The lowest BCUT2D eigenvalue weighted by Gasteiger charge is -2.21. The Balaban J connectivity index is 0.00000300. The zero-order valence-corrected chi connectivity index (χ0v) is 20.4. The molecule has 1 aromatic carbocycles. The summed E-state index contributed by atoms with van der Waals surface area (Å²) < 4.78 is 27.4. The van der Waals surface area contributed by atoms with Crippen LogP contribution in [-0.4, -0.2) is 67.6 Å². The molecule has 160 valence electrons. The minimum atomic E-state index is -3.40. The van der Waals surface area contributed by atoms with Crippen LogP contribution in [0.4, 0.5) is 0 Å². The molecule has 1 aliphatic heterocycles. The smallest absolute Gasteiger partial charge is 0.242 e. The quantitative estimate of drug-likeness (QED) is 0.361. The molecule has 0 amide bonds. The standard InChI is InChI=1S/C19H28N6O2S.HI/c1-20-19(25-10-9-16(14-25)17-12-22-24(4)13-17)21-11-15-5-7-18(8-6-15)28(26,27)23(2)3;/h5-8,12-13,16H,9-11,14H2,1-4H3,(H,20,21);1H. The maximum Gasteiger partial charge on any atom is 0.242 e. The summed E-state index contributed by atoms with van der Waals surface area (Å²) in [5.74, 6) is 1.32. The fourth-order valence-electron chi connectivity index (χ4n) is 3.38. The van der Waals surface area contributed by atoms with Gasteiger partial charge in [0, 0.05) is 59.9 Å². The number of sulfonamides is 1. The van der Waals surface area contributed by atoms with E-state index in [1.165, 1.54) is 24.0 Å². The highest BCUT2D eigenvalue weighted by Crippen LogP contribution is 2.26. The Bertz CT molecular complexity index is 940. The average Bonchev–Trinajstić information content (AvgIpc) is 3.32. The van der Waals surface area contributed by atoms with Gasteiger partial charge in [-0.25, -0.2) is 12.7 Å². The summed E-state index contributed by atoms with van der Waals surface area (Å²) in [4.78, 5) is 6.95. The zero-order chi connectivity index (χ0) is 20.3. The summed E-state index contributed by atoms with van der Waals surface area (Å²) in [6.07, 6.45) is 5.09. The van der Waals surface area contributed by atoms with Crippen LogP contribution in [0.25, 0.3) is 0 Å². The molecule has 10 heteroatoms. The van der Waals surface area contributed by atoms with Gasteiger partial charge in [-0.05, 0) is 29.7 Å². The number of benzene rings is 1. The third kappa shape index (κ3) is 5.48. The van der Waals surface area contributed by atoms with E-state index in [1.807, 2.05) is 30.1 Å². The number of nitrogens with one attached hydrogen (secondary N) is 1. The molecular formula is C19H29IN6O2S. The average molecular weight is 532 g/mol. The summed E-state index contributed by atoms with van der Waals surface area (Å²) in [7, 11) is 3.38. The second-order valence-corrected chi connectivity index (χ2v) is 9.36. The lowest BCUT2D eigenvalue weighted by atomic mass is 10.0. The van der Waals surface area contributed by atoms with Gasteiger partial charge < -0.3 is 10.2 Å². The lowest BCUT2D eigenvalue weighted by molar-refractivity contribution is 0.486. The van der Waals surface area contributed by atoms with Gasteiger partial charge in [-0.15, -0.1) is 24.0 Å². The van der Waals surface area contributed by atoms with Gasteiger partial charge in [-0.3, -0.25) is 9.67 Å². The van der Waals surface area contributed by atoms with Crippen molar-refractivity contribution >= 4 is 40.0 Å². The van der Waals surface area contributed by atoms with Crippen LogP contribution >= 0.6 is 24.0 Å². The molecule has 1 saturated heterocycles. The molecule has 1 atom stereocenters. The fraction of sp³-hybridized carbons (Fsp3) is 0.474. The summed E-state index contributed by atoms with van der Waals surface area (Å²) in [5, 5.41) is 7.65. The van der Waals surface area contributed by atoms with Crippen LogP contribution in [-0.2, 0) is 23.6 Å². The summed E-state index contributed by atoms with van der Waals surface area (Å²) in [6.45, 7) is 2.44. The highest BCUT2D eigenvalue weighted by atomic mass is 127. The third-order valence-corrected chi connectivity index (χ3v) is 6.88. The van der Waals surface area contributed by atoms with Gasteiger partial charge >= 0.3 is 0 Å². The van der Waals surface area contributed by atoms with Crippen molar-refractivity contribution in [1.82, 2.24) is 24.3 Å². The van der Waals surface area contributed by atoms with E-state index in [4.69, 9.17) is 0 Å². The van der Waals surface area contributed by atoms with E-state index in [-0.39, 0.29) is 24.0 Å². The summed E-state index contributed by atoms with van der Waals surface area (Å²) >= 11 is 0. The number of aliphatic imine (C=N–C) groups is 1. The molecule has 0 radical (unpaired) electrons. The van der Waals surface area contributed by atoms with Crippen molar-refractivity contribution in [1.29, 1.82) is 0 Å². The number of guanidine groups is 1. The van der Waals surface area contributed by atoms with Crippen LogP contribution in [0.1, 0.15) is 23.5 Å². The number of nitrogens with zero attached hydrogens (tertiary/aromatic N) is 5. The highest BCUT2D eigenvalue weighted by Gasteiger charge is 2.26. The lowest BCUT2D eigenvalue weighted by Crippen LogP contribution is -2.39. The van der Waals surface area contributed by atoms with Crippen molar-refractivity contribution in [2.45, 2.75) is 23.8 Å². The van der Waals surface area contributed by atoms with Gasteiger partial charge in [-0.1, -0.05) is 12.1 Å². The van der Waals surface area contributed by atoms with Crippen LogP contribution in [0.2, 0.25) is 0 Å². The molecular weight excluding hydrogens is 503 g/mol. The van der Waals surface area contributed by atoms with Crippen molar-refractivity contribution in [3.63, 3.8) is 0 Å². The highest BCUT2D eigenvalue weighted by molar-refractivity contribution is 14.0. The molecule has 1 aliphatic rings. The van der Waals surface area contributed by atoms with Crippen molar-refractivity contribution in [3.05, 3.63) is 47.8 Å². The summed E-state index contributed by atoms with van der Waals surface area (Å²) in [5.41, 5.74) is 2.26. The van der Waals surface area contributed by atoms with Crippen LogP contribution in [0.3, 0.4) is 0 Å². The number of likely N-dealkylation sites (tertiary alicyclic amines) is 1. The predicted molar refractivity (Wildman–Crippen MR) is 125 cm³/mol. The van der Waals surface area contributed by atoms with E-state index in [9.17, 15) is 8.42 Å². The van der Waals surface area contributed by atoms with Crippen LogP contribution in [0.5, 0.6) is 0 Å². The molecule has 0 saturated carbocycles. The maximum absolute atomic E-state index is 12.2. The first-order chi connectivity index (χ1) is 13.3. The molecule has 0 spiro atoms. The molecule has 0 aliphatic carbocycles. The van der Waals surface area contributed by atoms with Gasteiger partial charge in [0.1, 0.15) is 0 Å². The minimum Gasteiger partial charge on any atom is -0.352 e. The SMILES string of the molecule is CN=C(NCc1ccc(S(=O)(=O)N(C)C)cc1)N1CCC(c2cnn(C)c2)C1.I. The third-order valence-electron chi connectivity index (χ3n) is 5.05. The molecule has 2 heterocycles. The molecule has 1 unspecified atom stereocenters. The molecule has 1 N–H and O–H groups in total. The monoisotopic (exact) mass is 532 g/mol. The Morgan fingerprint density at radius 2 is 2.00 bits per heavy atom. The van der Waals surface area contributed by atoms with E-state index < -0.39 is 10.0 Å². The van der Waals surface area contributed by atoms with Crippen LogP contribution in [0, 0.1) is 0 Å². The van der Waals surface area contributed by atoms with Crippen molar-refractivity contribution < 1.29 is 8.42 Å². The van der Waals surface area contributed by atoms with Crippen molar-refractivity contribution in [2.24, 2.45) is 12.0 Å². The van der Waals surface area contributed by atoms with E-state index in [2.05, 4.69) is 26.5 Å². The number of halogens is 1. The summed E-state index contributed by atoms with van der Waals surface area (Å²) in [6, 6.07) is 6.95. The van der Waals surface area contributed by atoms with Gasteiger partial charge in [0.05, 0.1) is 11.1 Å². The fourth-order valence-corrected chi connectivity index (χ4v) is 4.28. The molecule has 2 aromatic rings. The Kier molecular flexibility index (Phi) is 8.06. The van der Waals surface area contributed by atoms with E-state index in [1.54, 1.807) is 19.2 Å². The molecule has 8 nitrogen and oxygen atoms in total.